The third-order valence-electron chi connectivity index (χ3n) is 1.86. The van der Waals surface area contributed by atoms with Crippen LogP contribution in [0.25, 0.3) is 0 Å². The highest BCUT2D eigenvalue weighted by Gasteiger charge is 2.11. The van der Waals surface area contributed by atoms with Gasteiger partial charge in [-0.1, -0.05) is 0 Å². The molecule has 0 fully saturated rings. The van der Waals surface area contributed by atoms with Crippen LogP contribution in [0.2, 0.25) is 0 Å². The Labute approximate surface area is 107 Å². The van der Waals surface area contributed by atoms with Crippen molar-refractivity contribution in [3.8, 4) is 6.01 Å². The summed E-state index contributed by atoms with van der Waals surface area (Å²) >= 11 is 1.24. The zero-order valence-electron chi connectivity index (χ0n) is 10.2. The first kappa shape index (κ1) is 12.5. The number of hydrogen-bond acceptors (Lipinski definition) is 9. The summed E-state index contributed by atoms with van der Waals surface area (Å²) < 4.78 is 6.80. The molecule has 0 saturated heterocycles. The molecular weight excluding hydrogens is 256 g/mol. The summed E-state index contributed by atoms with van der Waals surface area (Å²) in [4.78, 5) is 12.4. The van der Waals surface area contributed by atoms with E-state index in [1.807, 2.05) is 6.92 Å². The van der Waals surface area contributed by atoms with Gasteiger partial charge < -0.3 is 10.1 Å². The second-order valence-electron chi connectivity index (χ2n) is 3.09. The van der Waals surface area contributed by atoms with Gasteiger partial charge in [0.25, 0.3) is 0 Å². The van der Waals surface area contributed by atoms with Crippen molar-refractivity contribution >= 4 is 17.7 Å². The first-order valence-electron chi connectivity index (χ1n) is 5.19. The summed E-state index contributed by atoms with van der Waals surface area (Å²) in [6, 6.07) is 0.273. The van der Waals surface area contributed by atoms with E-state index in [2.05, 4.69) is 35.8 Å². The smallest absolute Gasteiger partial charge is 0.322 e. The van der Waals surface area contributed by atoms with E-state index in [0.29, 0.717) is 22.9 Å². The van der Waals surface area contributed by atoms with Crippen molar-refractivity contribution in [2.45, 2.75) is 17.2 Å². The maximum absolute atomic E-state index is 5.26. The molecular formula is C8H12N8OS. The Kier molecular flexibility index (Phi) is 3.87. The van der Waals surface area contributed by atoms with Gasteiger partial charge in [0.1, 0.15) is 0 Å². The molecule has 0 saturated carbocycles. The van der Waals surface area contributed by atoms with Crippen molar-refractivity contribution in [2.75, 3.05) is 19.0 Å². The lowest BCUT2D eigenvalue weighted by atomic mass is 10.8. The molecule has 10 heteroatoms. The number of aromatic nitrogens is 7. The maximum Gasteiger partial charge on any atom is 0.322 e. The van der Waals surface area contributed by atoms with E-state index in [1.165, 1.54) is 16.4 Å². The zero-order valence-corrected chi connectivity index (χ0v) is 11.0. The summed E-state index contributed by atoms with van der Waals surface area (Å²) in [6.45, 7) is 2.35. The first-order chi connectivity index (χ1) is 8.72. The number of nitrogens with zero attached hydrogens (tertiary/aromatic N) is 7. The highest BCUT2D eigenvalue weighted by molar-refractivity contribution is 7.99. The van der Waals surface area contributed by atoms with E-state index in [4.69, 9.17) is 4.74 Å². The van der Waals surface area contributed by atoms with Gasteiger partial charge in [-0.15, -0.1) is 5.10 Å². The summed E-state index contributed by atoms with van der Waals surface area (Å²) in [7, 11) is 3.47. The molecule has 0 aliphatic rings. The minimum absolute atomic E-state index is 0.273. The van der Waals surface area contributed by atoms with Crippen molar-refractivity contribution in [1.82, 2.24) is 35.2 Å². The molecule has 0 amide bonds. The second kappa shape index (κ2) is 5.58. The molecule has 0 bridgehead atoms. The van der Waals surface area contributed by atoms with E-state index in [-0.39, 0.29) is 6.01 Å². The van der Waals surface area contributed by atoms with Gasteiger partial charge in [-0.25, -0.2) is 4.68 Å². The lowest BCUT2D eigenvalue weighted by Gasteiger charge is -2.05. The third-order valence-corrected chi connectivity index (χ3v) is 2.75. The van der Waals surface area contributed by atoms with Gasteiger partial charge in [0.05, 0.1) is 6.61 Å². The Bertz CT molecular complexity index is 530. The van der Waals surface area contributed by atoms with Gasteiger partial charge in [-0.2, -0.15) is 15.0 Å². The summed E-state index contributed by atoms with van der Waals surface area (Å²) in [5, 5.41) is 15.0. The number of tetrazole rings is 1. The fraction of sp³-hybridized carbons (Fsp3) is 0.500. The van der Waals surface area contributed by atoms with E-state index in [1.54, 1.807) is 14.1 Å². The molecule has 2 rings (SSSR count). The van der Waals surface area contributed by atoms with Crippen molar-refractivity contribution in [2.24, 2.45) is 7.05 Å². The number of nitrogens with one attached hydrogen (secondary N) is 1. The monoisotopic (exact) mass is 268 g/mol. The van der Waals surface area contributed by atoms with Gasteiger partial charge in [0.2, 0.25) is 16.3 Å². The Morgan fingerprint density at radius 2 is 2.17 bits per heavy atom. The van der Waals surface area contributed by atoms with Crippen LogP contribution < -0.4 is 10.1 Å². The van der Waals surface area contributed by atoms with Crippen LogP contribution in [-0.2, 0) is 7.05 Å². The number of ether oxygens (including phenoxy) is 1. The Hall–Kier alpha value is -1.97. The van der Waals surface area contributed by atoms with Crippen LogP contribution in [0.1, 0.15) is 6.92 Å². The molecule has 0 aliphatic heterocycles. The molecule has 0 aromatic carbocycles. The molecule has 0 aliphatic carbocycles. The predicted molar refractivity (Wildman–Crippen MR) is 63.5 cm³/mol. The summed E-state index contributed by atoms with van der Waals surface area (Å²) in [6.07, 6.45) is 0. The molecule has 9 nitrogen and oxygen atoms in total. The molecule has 0 unspecified atom stereocenters. The predicted octanol–water partition coefficient (Wildman–Crippen LogP) is -0.0133. The molecule has 0 radical (unpaired) electrons. The van der Waals surface area contributed by atoms with Crippen LogP contribution in [0, 0.1) is 0 Å². The Morgan fingerprint density at radius 1 is 1.33 bits per heavy atom. The SMILES string of the molecule is CCOc1nc(NC)nc(Sc2nnnn2C)n1. The Morgan fingerprint density at radius 3 is 2.78 bits per heavy atom. The van der Waals surface area contributed by atoms with Crippen molar-refractivity contribution < 1.29 is 4.74 Å². The minimum atomic E-state index is 0.273. The average Bonchev–Trinajstić information content (AvgIpc) is 2.75. The minimum Gasteiger partial charge on any atom is -0.464 e. The summed E-state index contributed by atoms with van der Waals surface area (Å²) in [5.41, 5.74) is 0. The fourth-order valence-corrected chi connectivity index (χ4v) is 1.74. The van der Waals surface area contributed by atoms with Crippen LogP contribution in [0.5, 0.6) is 6.01 Å². The molecule has 0 spiro atoms. The van der Waals surface area contributed by atoms with Crippen LogP contribution >= 0.6 is 11.8 Å². The normalized spacial score (nSPS) is 10.4. The van der Waals surface area contributed by atoms with Gasteiger partial charge in [-0.05, 0) is 29.1 Å². The highest BCUT2D eigenvalue weighted by atomic mass is 32.2. The lowest BCUT2D eigenvalue weighted by molar-refractivity contribution is 0.308. The van der Waals surface area contributed by atoms with Crippen LogP contribution in [0.15, 0.2) is 10.3 Å². The number of anilines is 1. The van der Waals surface area contributed by atoms with E-state index in [9.17, 15) is 0 Å². The van der Waals surface area contributed by atoms with Crippen LogP contribution in [-0.4, -0.2) is 48.8 Å². The second-order valence-corrected chi connectivity index (χ2v) is 4.03. The van der Waals surface area contributed by atoms with Gasteiger partial charge >= 0.3 is 6.01 Å². The Balaban J connectivity index is 2.26. The largest absolute Gasteiger partial charge is 0.464 e. The molecule has 18 heavy (non-hydrogen) atoms. The van der Waals surface area contributed by atoms with E-state index >= 15 is 0 Å². The van der Waals surface area contributed by atoms with Crippen molar-refractivity contribution in [3.63, 3.8) is 0 Å². The average molecular weight is 268 g/mol. The van der Waals surface area contributed by atoms with Gasteiger partial charge in [0.15, 0.2) is 0 Å². The third kappa shape index (κ3) is 2.83. The molecule has 2 aromatic rings. The van der Waals surface area contributed by atoms with Crippen LogP contribution in [0.4, 0.5) is 5.95 Å². The lowest BCUT2D eigenvalue weighted by Crippen LogP contribution is -2.05. The molecule has 1 N–H and O–H groups in total. The maximum atomic E-state index is 5.26. The molecule has 0 atom stereocenters. The highest BCUT2D eigenvalue weighted by Crippen LogP contribution is 2.23. The van der Waals surface area contributed by atoms with Crippen molar-refractivity contribution in [3.05, 3.63) is 0 Å². The van der Waals surface area contributed by atoms with E-state index < -0.39 is 0 Å². The van der Waals surface area contributed by atoms with Gasteiger partial charge in [-0.3, -0.25) is 0 Å². The fourth-order valence-electron chi connectivity index (χ4n) is 1.08. The van der Waals surface area contributed by atoms with Gasteiger partial charge in [0, 0.05) is 14.1 Å². The summed E-state index contributed by atoms with van der Waals surface area (Å²) in [5.74, 6) is 0.436. The van der Waals surface area contributed by atoms with Crippen LogP contribution in [0.3, 0.4) is 0 Å². The van der Waals surface area contributed by atoms with E-state index in [0.717, 1.165) is 0 Å². The topological polar surface area (TPSA) is 104 Å². The first-order valence-corrected chi connectivity index (χ1v) is 6.01. The zero-order chi connectivity index (χ0) is 13.0. The molecule has 2 heterocycles. The number of aryl methyl sites for hydroxylation is 1. The van der Waals surface area contributed by atoms with Crippen molar-refractivity contribution in [1.29, 1.82) is 0 Å². The quantitative estimate of drug-likeness (QED) is 0.801. The molecule has 96 valence electrons. The standard InChI is InChI=1S/C8H12N8OS/c1-4-17-6-10-5(9-2)11-7(12-6)18-8-13-14-15-16(8)3/h4H2,1-3H3,(H,9,10,11,12). The number of rotatable bonds is 5. The number of hydrogen-bond donors (Lipinski definition) is 1. The molecule has 2 aromatic heterocycles.